The fourth-order valence-corrected chi connectivity index (χ4v) is 4.19. The first-order chi connectivity index (χ1) is 12.2. The smallest absolute Gasteiger partial charge is 0.228 e. The number of hydrogen-bond acceptors (Lipinski definition) is 4. The first-order valence-electron chi connectivity index (χ1n) is 9.97. The first kappa shape index (κ1) is 18.2. The Hall–Kier alpha value is -1.62. The summed E-state index contributed by atoms with van der Waals surface area (Å²) in [6.07, 6.45) is 9.09. The largest absolute Gasteiger partial charge is 0.369 e. The van der Waals surface area contributed by atoms with Crippen molar-refractivity contribution in [2.75, 3.05) is 36.4 Å². The van der Waals surface area contributed by atoms with Gasteiger partial charge in [-0.1, -0.05) is 26.7 Å². The molecule has 1 saturated heterocycles. The van der Waals surface area contributed by atoms with Crippen molar-refractivity contribution in [1.82, 2.24) is 9.88 Å². The van der Waals surface area contributed by atoms with Gasteiger partial charge in [0.25, 0.3) is 0 Å². The molecule has 5 nitrogen and oxygen atoms in total. The summed E-state index contributed by atoms with van der Waals surface area (Å²) in [5.41, 5.74) is 1.17. The van der Waals surface area contributed by atoms with Gasteiger partial charge in [0.1, 0.15) is 5.82 Å². The van der Waals surface area contributed by atoms with Crippen molar-refractivity contribution in [3.05, 3.63) is 18.3 Å². The molecule has 1 saturated carbocycles. The lowest BCUT2D eigenvalue weighted by molar-refractivity contribution is -0.120. The lowest BCUT2D eigenvalue weighted by Gasteiger charge is -2.39. The topological polar surface area (TPSA) is 48.5 Å². The molecule has 0 radical (unpaired) electrons. The normalized spacial score (nSPS) is 19.6. The molecule has 3 rings (SSSR count). The molecule has 2 fully saturated rings. The molecule has 2 aliphatic rings. The van der Waals surface area contributed by atoms with Crippen molar-refractivity contribution in [2.45, 2.75) is 58.4 Å². The zero-order valence-corrected chi connectivity index (χ0v) is 15.7. The van der Waals surface area contributed by atoms with Crippen LogP contribution in [0, 0.1) is 5.92 Å². The number of carbonyl (C=O) groups excluding carboxylic acids is 1. The van der Waals surface area contributed by atoms with Crippen LogP contribution in [0.3, 0.4) is 0 Å². The summed E-state index contributed by atoms with van der Waals surface area (Å²) in [5.74, 6) is 0.828. The van der Waals surface area contributed by atoms with Crippen molar-refractivity contribution >= 4 is 17.4 Å². The molecule has 1 amide bonds. The van der Waals surface area contributed by atoms with Crippen molar-refractivity contribution in [3.8, 4) is 0 Å². The molecule has 25 heavy (non-hydrogen) atoms. The molecular formula is C20H32N4O. The van der Waals surface area contributed by atoms with Crippen LogP contribution in [0.25, 0.3) is 0 Å². The second kappa shape index (κ2) is 8.65. The maximum absolute atomic E-state index is 12.3. The fourth-order valence-electron chi connectivity index (χ4n) is 4.19. The van der Waals surface area contributed by atoms with Gasteiger partial charge in [-0.25, -0.2) is 4.98 Å². The maximum atomic E-state index is 12.3. The molecule has 1 aliphatic heterocycles. The Morgan fingerprint density at radius 1 is 1.20 bits per heavy atom. The molecule has 1 aromatic heterocycles. The highest BCUT2D eigenvalue weighted by molar-refractivity contribution is 5.92. The molecule has 138 valence electrons. The summed E-state index contributed by atoms with van der Waals surface area (Å²) in [5, 5.41) is 2.99. The van der Waals surface area contributed by atoms with Crippen LogP contribution in [0.4, 0.5) is 11.5 Å². The van der Waals surface area contributed by atoms with Crippen LogP contribution in [-0.2, 0) is 4.79 Å². The molecule has 1 aliphatic carbocycles. The van der Waals surface area contributed by atoms with Gasteiger partial charge in [-0.2, -0.15) is 0 Å². The van der Waals surface area contributed by atoms with Gasteiger partial charge in [-0.15, -0.1) is 0 Å². The molecule has 0 aromatic carbocycles. The summed E-state index contributed by atoms with van der Waals surface area (Å²) in [6, 6.07) is 4.89. The van der Waals surface area contributed by atoms with E-state index in [1.165, 1.54) is 31.4 Å². The van der Waals surface area contributed by atoms with Gasteiger partial charge in [0.2, 0.25) is 5.91 Å². The third-order valence-electron chi connectivity index (χ3n) is 5.87. The Morgan fingerprint density at radius 3 is 2.52 bits per heavy atom. The van der Waals surface area contributed by atoms with Gasteiger partial charge in [0.15, 0.2) is 0 Å². The number of carbonyl (C=O) groups is 1. The third kappa shape index (κ3) is 4.51. The Balaban J connectivity index is 1.57. The monoisotopic (exact) mass is 344 g/mol. The van der Waals surface area contributed by atoms with E-state index in [9.17, 15) is 4.79 Å². The maximum Gasteiger partial charge on any atom is 0.228 e. The van der Waals surface area contributed by atoms with Crippen molar-refractivity contribution < 1.29 is 4.79 Å². The zero-order chi connectivity index (χ0) is 17.6. The van der Waals surface area contributed by atoms with Gasteiger partial charge in [0, 0.05) is 56.1 Å². The second-order valence-electron chi connectivity index (χ2n) is 7.36. The number of hydrogen-bond donors (Lipinski definition) is 1. The van der Waals surface area contributed by atoms with Gasteiger partial charge in [0.05, 0.1) is 0 Å². The Bertz CT molecular complexity index is 559. The Labute approximate surface area is 151 Å². The van der Waals surface area contributed by atoms with Crippen molar-refractivity contribution in [1.29, 1.82) is 0 Å². The predicted molar refractivity (Wildman–Crippen MR) is 103 cm³/mol. The van der Waals surface area contributed by atoms with E-state index in [1.54, 1.807) is 6.20 Å². The van der Waals surface area contributed by atoms with E-state index >= 15 is 0 Å². The Kier molecular flexibility index (Phi) is 6.29. The number of rotatable bonds is 6. The van der Waals surface area contributed by atoms with E-state index < -0.39 is 0 Å². The van der Waals surface area contributed by atoms with Crippen LogP contribution in [0.2, 0.25) is 0 Å². The standard InChI is InChI=1S/C20H32N4O/c1-3-16(4-2)20(25)22-19-15-18(9-10-21-19)24-13-11-23(12-14-24)17-7-5-6-8-17/h9-10,15-17H,3-8,11-14H2,1-2H3,(H,21,22,25). The van der Waals surface area contributed by atoms with E-state index in [4.69, 9.17) is 0 Å². The van der Waals surface area contributed by atoms with Gasteiger partial charge < -0.3 is 10.2 Å². The summed E-state index contributed by atoms with van der Waals surface area (Å²) in [7, 11) is 0. The highest BCUT2D eigenvalue weighted by Crippen LogP contribution is 2.26. The van der Waals surface area contributed by atoms with E-state index in [0.29, 0.717) is 5.82 Å². The molecule has 0 unspecified atom stereocenters. The minimum atomic E-state index is 0.0698. The van der Waals surface area contributed by atoms with E-state index in [-0.39, 0.29) is 11.8 Å². The molecule has 0 spiro atoms. The van der Waals surface area contributed by atoms with Crippen LogP contribution >= 0.6 is 0 Å². The minimum Gasteiger partial charge on any atom is -0.369 e. The zero-order valence-electron chi connectivity index (χ0n) is 15.7. The third-order valence-corrected chi connectivity index (χ3v) is 5.87. The van der Waals surface area contributed by atoms with E-state index in [2.05, 4.69) is 40.0 Å². The van der Waals surface area contributed by atoms with Gasteiger partial charge in [-0.3, -0.25) is 9.69 Å². The molecule has 1 aromatic rings. The molecule has 5 heteroatoms. The number of pyridine rings is 1. The van der Waals surface area contributed by atoms with Crippen molar-refractivity contribution in [3.63, 3.8) is 0 Å². The first-order valence-corrected chi connectivity index (χ1v) is 9.97. The fraction of sp³-hybridized carbons (Fsp3) is 0.700. The second-order valence-corrected chi connectivity index (χ2v) is 7.36. The van der Waals surface area contributed by atoms with Crippen LogP contribution in [-0.4, -0.2) is 48.0 Å². The van der Waals surface area contributed by atoms with Crippen molar-refractivity contribution in [2.24, 2.45) is 5.92 Å². The summed E-state index contributed by atoms with van der Waals surface area (Å²) in [6.45, 7) is 8.51. The average Bonchev–Trinajstić information content (AvgIpc) is 3.18. The van der Waals surface area contributed by atoms with Gasteiger partial charge >= 0.3 is 0 Å². The predicted octanol–water partition coefficient (Wildman–Crippen LogP) is 3.52. The van der Waals surface area contributed by atoms with Gasteiger partial charge in [-0.05, 0) is 31.7 Å². The molecule has 0 bridgehead atoms. The molecule has 2 heterocycles. The van der Waals surface area contributed by atoms with Crippen LogP contribution in [0.15, 0.2) is 18.3 Å². The minimum absolute atomic E-state index is 0.0698. The molecule has 1 N–H and O–H groups in total. The van der Waals surface area contributed by atoms with E-state index in [1.807, 2.05) is 6.07 Å². The van der Waals surface area contributed by atoms with Crippen LogP contribution in [0.5, 0.6) is 0 Å². The summed E-state index contributed by atoms with van der Waals surface area (Å²) >= 11 is 0. The summed E-state index contributed by atoms with van der Waals surface area (Å²) in [4.78, 5) is 21.7. The summed E-state index contributed by atoms with van der Waals surface area (Å²) < 4.78 is 0. The molecule has 0 atom stereocenters. The van der Waals surface area contributed by atoms with E-state index in [0.717, 1.165) is 45.1 Å². The quantitative estimate of drug-likeness (QED) is 0.858. The highest BCUT2D eigenvalue weighted by Gasteiger charge is 2.26. The highest BCUT2D eigenvalue weighted by atomic mass is 16.1. The number of aromatic nitrogens is 1. The molecular weight excluding hydrogens is 312 g/mol. The Morgan fingerprint density at radius 2 is 1.88 bits per heavy atom. The lowest BCUT2D eigenvalue weighted by atomic mass is 10.0. The van der Waals surface area contributed by atoms with Crippen LogP contribution in [0.1, 0.15) is 52.4 Å². The number of nitrogens with zero attached hydrogens (tertiary/aromatic N) is 3. The number of piperazine rings is 1. The number of anilines is 2. The SMILES string of the molecule is CCC(CC)C(=O)Nc1cc(N2CCN(C3CCCC3)CC2)ccn1. The number of nitrogens with one attached hydrogen (secondary N) is 1. The van der Waals surface area contributed by atoms with Crippen LogP contribution < -0.4 is 10.2 Å². The average molecular weight is 345 g/mol. The lowest BCUT2D eigenvalue weighted by Crippen LogP contribution is -2.49. The number of amides is 1.